The standard InChI is InChI=1S/C10H15NS/c1-7-3-9(4-7)11-10-6-12-5-8(10)2/h5-7,9,11H,3-4H2,1-2H3. The Bertz CT molecular complexity index is 261. The second-order valence-corrected chi connectivity index (χ2v) is 4.63. The summed E-state index contributed by atoms with van der Waals surface area (Å²) in [5, 5.41) is 7.97. The van der Waals surface area contributed by atoms with Crippen LogP contribution in [0, 0.1) is 12.8 Å². The predicted molar refractivity (Wildman–Crippen MR) is 54.9 cm³/mol. The van der Waals surface area contributed by atoms with Crippen LogP contribution in [-0.2, 0) is 0 Å². The van der Waals surface area contributed by atoms with Gasteiger partial charge in [-0.25, -0.2) is 0 Å². The third-order valence-corrected chi connectivity index (χ3v) is 3.45. The highest BCUT2D eigenvalue weighted by Crippen LogP contribution is 2.31. The van der Waals surface area contributed by atoms with E-state index < -0.39 is 0 Å². The third kappa shape index (κ3) is 1.48. The number of nitrogens with one attached hydrogen (secondary N) is 1. The molecule has 1 N–H and O–H groups in total. The van der Waals surface area contributed by atoms with Crippen molar-refractivity contribution < 1.29 is 0 Å². The summed E-state index contributed by atoms with van der Waals surface area (Å²) >= 11 is 1.78. The molecule has 1 aliphatic carbocycles. The van der Waals surface area contributed by atoms with Crippen LogP contribution in [-0.4, -0.2) is 6.04 Å². The summed E-state index contributed by atoms with van der Waals surface area (Å²) in [4.78, 5) is 0. The van der Waals surface area contributed by atoms with Gasteiger partial charge in [-0.1, -0.05) is 6.92 Å². The second kappa shape index (κ2) is 3.09. The van der Waals surface area contributed by atoms with Crippen LogP contribution in [0.3, 0.4) is 0 Å². The zero-order valence-corrected chi connectivity index (χ0v) is 8.45. The van der Waals surface area contributed by atoms with Crippen LogP contribution in [0.5, 0.6) is 0 Å². The van der Waals surface area contributed by atoms with Gasteiger partial charge in [-0.05, 0) is 36.6 Å². The SMILES string of the molecule is Cc1cscc1NC1CC(C)C1. The summed E-state index contributed by atoms with van der Waals surface area (Å²) in [7, 11) is 0. The molecule has 0 unspecified atom stereocenters. The first kappa shape index (κ1) is 8.11. The van der Waals surface area contributed by atoms with Gasteiger partial charge in [0.1, 0.15) is 0 Å². The fourth-order valence-electron chi connectivity index (χ4n) is 1.75. The lowest BCUT2D eigenvalue weighted by Gasteiger charge is -2.34. The Kier molecular flexibility index (Phi) is 2.09. The summed E-state index contributed by atoms with van der Waals surface area (Å²) < 4.78 is 0. The summed E-state index contributed by atoms with van der Waals surface area (Å²) in [6.07, 6.45) is 2.69. The van der Waals surface area contributed by atoms with E-state index in [0.29, 0.717) is 0 Å². The van der Waals surface area contributed by atoms with Crippen molar-refractivity contribution in [2.45, 2.75) is 32.7 Å². The molecule has 12 heavy (non-hydrogen) atoms. The topological polar surface area (TPSA) is 12.0 Å². The van der Waals surface area contributed by atoms with Crippen LogP contribution in [0.25, 0.3) is 0 Å². The zero-order valence-electron chi connectivity index (χ0n) is 7.63. The van der Waals surface area contributed by atoms with Gasteiger partial charge >= 0.3 is 0 Å². The largest absolute Gasteiger partial charge is 0.381 e. The van der Waals surface area contributed by atoms with E-state index in [0.717, 1.165) is 12.0 Å². The Balaban J connectivity index is 1.92. The molecule has 0 atom stereocenters. The van der Waals surface area contributed by atoms with E-state index in [9.17, 15) is 0 Å². The van der Waals surface area contributed by atoms with Crippen LogP contribution in [0.2, 0.25) is 0 Å². The van der Waals surface area contributed by atoms with Crippen molar-refractivity contribution in [2.75, 3.05) is 5.32 Å². The Hall–Kier alpha value is -0.500. The molecule has 0 spiro atoms. The lowest BCUT2D eigenvalue weighted by atomic mass is 9.82. The highest BCUT2D eigenvalue weighted by molar-refractivity contribution is 7.08. The first-order valence-corrected chi connectivity index (χ1v) is 5.49. The Morgan fingerprint density at radius 3 is 2.67 bits per heavy atom. The van der Waals surface area contributed by atoms with Gasteiger partial charge in [0.2, 0.25) is 0 Å². The molecule has 66 valence electrons. The second-order valence-electron chi connectivity index (χ2n) is 3.89. The number of hydrogen-bond acceptors (Lipinski definition) is 2. The minimum absolute atomic E-state index is 0.744. The molecule has 1 aromatic rings. The highest BCUT2D eigenvalue weighted by atomic mass is 32.1. The van der Waals surface area contributed by atoms with E-state index >= 15 is 0 Å². The number of anilines is 1. The average molecular weight is 181 g/mol. The molecular weight excluding hydrogens is 166 g/mol. The van der Waals surface area contributed by atoms with Crippen molar-refractivity contribution in [1.29, 1.82) is 0 Å². The Morgan fingerprint density at radius 1 is 1.42 bits per heavy atom. The quantitative estimate of drug-likeness (QED) is 0.738. The molecule has 0 bridgehead atoms. The molecule has 1 aromatic heterocycles. The van der Waals surface area contributed by atoms with Crippen molar-refractivity contribution in [2.24, 2.45) is 5.92 Å². The fraction of sp³-hybridized carbons (Fsp3) is 0.600. The van der Waals surface area contributed by atoms with E-state index in [1.807, 2.05) is 0 Å². The molecule has 0 aliphatic heterocycles. The monoisotopic (exact) mass is 181 g/mol. The number of rotatable bonds is 2. The van der Waals surface area contributed by atoms with Crippen molar-refractivity contribution >= 4 is 17.0 Å². The van der Waals surface area contributed by atoms with Crippen LogP contribution in [0.15, 0.2) is 10.8 Å². The van der Waals surface area contributed by atoms with Crippen LogP contribution < -0.4 is 5.32 Å². The van der Waals surface area contributed by atoms with Gasteiger partial charge in [0.15, 0.2) is 0 Å². The first-order valence-electron chi connectivity index (χ1n) is 4.55. The van der Waals surface area contributed by atoms with E-state index in [4.69, 9.17) is 0 Å². The number of thiophene rings is 1. The molecule has 0 aromatic carbocycles. The smallest absolute Gasteiger partial charge is 0.0480 e. The van der Waals surface area contributed by atoms with Gasteiger partial charge in [0.25, 0.3) is 0 Å². The van der Waals surface area contributed by atoms with E-state index in [1.165, 1.54) is 24.1 Å². The zero-order chi connectivity index (χ0) is 8.55. The van der Waals surface area contributed by atoms with Crippen LogP contribution in [0.1, 0.15) is 25.3 Å². The molecule has 1 fully saturated rings. The van der Waals surface area contributed by atoms with Crippen LogP contribution >= 0.6 is 11.3 Å². The number of aryl methyl sites for hydroxylation is 1. The molecular formula is C10H15NS. The van der Waals surface area contributed by atoms with Gasteiger partial charge < -0.3 is 5.32 Å². The molecule has 1 heterocycles. The summed E-state index contributed by atoms with van der Waals surface area (Å²) in [6, 6.07) is 0.744. The summed E-state index contributed by atoms with van der Waals surface area (Å²) in [6.45, 7) is 4.49. The minimum Gasteiger partial charge on any atom is -0.381 e. The van der Waals surface area contributed by atoms with Crippen molar-refractivity contribution in [1.82, 2.24) is 0 Å². The minimum atomic E-state index is 0.744. The molecule has 0 amide bonds. The molecule has 2 heteroatoms. The van der Waals surface area contributed by atoms with E-state index in [2.05, 4.69) is 29.9 Å². The van der Waals surface area contributed by atoms with Gasteiger partial charge in [-0.3, -0.25) is 0 Å². The highest BCUT2D eigenvalue weighted by Gasteiger charge is 2.25. The maximum Gasteiger partial charge on any atom is 0.0480 e. The lowest BCUT2D eigenvalue weighted by molar-refractivity contribution is 0.309. The van der Waals surface area contributed by atoms with E-state index in [-0.39, 0.29) is 0 Å². The van der Waals surface area contributed by atoms with Crippen LogP contribution in [0.4, 0.5) is 5.69 Å². The third-order valence-electron chi connectivity index (χ3n) is 2.59. The molecule has 0 radical (unpaired) electrons. The lowest BCUT2D eigenvalue weighted by Crippen LogP contribution is -2.33. The first-order chi connectivity index (χ1) is 5.75. The Labute approximate surface area is 77.8 Å². The Morgan fingerprint density at radius 2 is 2.17 bits per heavy atom. The van der Waals surface area contributed by atoms with Gasteiger partial charge in [0, 0.05) is 17.1 Å². The summed E-state index contributed by atoms with van der Waals surface area (Å²) in [5.74, 6) is 0.932. The van der Waals surface area contributed by atoms with Crippen molar-refractivity contribution in [3.8, 4) is 0 Å². The normalized spacial score (nSPS) is 28.2. The van der Waals surface area contributed by atoms with Gasteiger partial charge in [-0.15, -0.1) is 11.3 Å². The molecule has 1 nitrogen and oxygen atoms in total. The molecule has 1 aliphatic rings. The van der Waals surface area contributed by atoms with Crippen molar-refractivity contribution in [3.05, 3.63) is 16.3 Å². The maximum absolute atomic E-state index is 3.57. The predicted octanol–water partition coefficient (Wildman–Crippen LogP) is 3.27. The molecule has 1 saturated carbocycles. The summed E-state index contributed by atoms with van der Waals surface area (Å²) in [5.41, 5.74) is 2.73. The average Bonchev–Trinajstić information content (AvgIpc) is 2.33. The maximum atomic E-state index is 3.57. The van der Waals surface area contributed by atoms with Gasteiger partial charge in [0.05, 0.1) is 0 Å². The van der Waals surface area contributed by atoms with E-state index in [1.54, 1.807) is 11.3 Å². The van der Waals surface area contributed by atoms with Crippen molar-refractivity contribution in [3.63, 3.8) is 0 Å². The molecule has 2 rings (SSSR count). The van der Waals surface area contributed by atoms with Gasteiger partial charge in [-0.2, -0.15) is 0 Å². The fourth-order valence-corrected chi connectivity index (χ4v) is 2.54. The number of hydrogen-bond donors (Lipinski definition) is 1. The molecule has 0 saturated heterocycles.